The summed E-state index contributed by atoms with van der Waals surface area (Å²) < 4.78 is 11.2. The Hall–Kier alpha value is -0.810. The fourth-order valence-corrected chi connectivity index (χ4v) is 3.64. The topological polar surface area (TPSA) is 54.9 Å². The van der Waals surface area contributed by atoms with Gasteiger partial charge in [0.25, 0.3) is 0 Å². The van der Waals surface area contributed by atoms with Crippen molar-refractivity contribution in [3.05, 3.63) is 0 Å². The second kappa shape index (κ2) is 10.1. The van der Waals surface area contributed by atoms with Gasteiger partial charge in [0.2, 0.25) is 0 Å². The van der Waals surface area contributed by atoms with Gasteiger partial charge in [0.1, 0.15) is 0 Å². The summed E-state index contributed by atoms with van der Waals surface area (Å²) in [5.74, 6) is 0.920. The van der Waals surface area contributed by atoms with Crippen LogP contribution in [0, 0.1) is 5.41 Å². The zero-order chi connectivity index (χ0) is 16.4. The van der Waals surface area contributed by atoms with E-state index in [0.717, 1.165) is 51.7 Å². The second-order valence-electron chi connectivity index (χ2n) is 6.98. The molecule has 1 saturated carbocycles. The van der Waals surface area contributed by atoms with Crippen LogP contribution in [0.2, 0.25) is 0 Å². The predicted molar refractivity (Wildman–Crippen MR) is 95.0 cm³/mol. The van der Waals surface area contributed by atoms with Gasteiger partial charge in [0.05, 0.1) is 12.7 Å². The van der Waals surface area contributed by atoms with Gasteiger partial charge in [0.15, 0.2) is 5.96 Å². The fraction of sp³-hybridized carbons (Fsp3) is 0.944. The van der Waals surface area contributed by atoms with Gasteiger partial charge in [-0.15, -0.1) is 0 Å². The van der Waals surface area contributed by atoms with Gasteiger partial charge in [-0.05, 0) is 43.9 Å². The van der Waals surface area contributed by atoms with E-state index in [1.54, 1.807) is 0 Å². The molecule has 0 amide bonds. The lowest BCUT2D eigenvalue weighted by Crippen LogP contribution is -2.43. The first-order valence-electron chi connectivity index (χ1n) is 9.42. The highest BCUT2D eigenvalue weighted by atomic mass is 16.5. The molecule has 5 nitrogen and oxygen atoms in total. The molecule has 1 saturated heterocycles. The van der Waals surface area contributed by atoms with Gasteiger partial charge < -0.3 is 20.1 Å². The summed E-state index contributed by atoms with van der Waals surface area (Å²) in [5, 5.41) is 6.91. The summed E-state index contributed by atoms with van der Waals surface area (Å²) >= 11 is 0. The Morgan fingerprint density at radius 1 is 1.26 bits per heavy atom. The van der Waals surface area contributed by atoms with Crippen molar-refractivity contribution in [2.24, 2.45) is 10.4 Å². The van der Waals surface area contributed by atoms with Gasteiger partial charge in [-0.25, -0.2) is 0 Å². The maximum Gasteiger partial charge on any atom is 0.190 e. The number of ether oxygens (including phenoxy) is 2. The molecular weight excluding hydrogens is 290 g/mol. The average Bonchev–Trinajstić information content (AvgIpc) is 3.25. The van der Waals surface area contributed by atoms with Gasteiger partial charge in [-0.2, -0.15) is 0 Å². The summed E-state index contributed by atoms with van der Waals surface area (Å²) in [5.41, 5.74) is 0.488. The molecule has 2 aliphatic rings. The Bertz CT molecular complexity index is 348. The van der Waals surface area contributed by atoms with Crippen molar-refractivity contribution in [1.29, 1.82) is 0 Å². The minimum atomic E-state index is 0.328. The molecule has 0 bridgehead atoms. The Labute approximate surface area is 141 Å². The second-order valence-corrected chi connectivity index (χ2v) is 6.98. The summed E-state index contributed by atoms with van der Waals surface area (Å²) in [6, 6.07) is 0. The fourth-order valence-electron chi connectivity index (χ4n) is 3.64. The number of guanidine groups is 1. The summed E-state index contributed by atoms with van der Waals surface area (Å²) in [6.45, 7) is 6.67. The number of nitrogens with one attached hydrogen (secondary N) is 2. The molecule has 1 unspecified atom stereocenters. The highest BCUT2D eigenvalue weighted by Gasteiger charge is 2.31. The van der Waals surface area contributed by atoms with Crippen LogP contribution in [0.4, 0.5) is 0 Å². The molecule has 2 fully saturated rings. The third kappa shape index (κ3) is 6.30. The molecule has 0 aromatic heterocycles. The third-order valence-electron chi connectivity index (χ3n) is 5.35. The highest BCUT2D eigenvalue weighted by Crippen LogP contribution is 2.40. The predicted octanol–water partition coefficient (Wildman–Crippen LogP) is 2.71. The van der Waals surface area contributed by atoms with E-state index in [4.69, 9.17) is 9.47 Å². The van der Waals surface area contributed by atoms with Crippen LogP contribution in [-0.2, 0) is 9.47 Å². The summed E-state index contributed by atoms with van der Waals surface area (Å²) in [4.78, 5) is 4.33. The SMILES string of the molecule is CCC1(CNC(=NC)NCCCOCC2CCCO2)CCCC1. The lowest BCUT2D eigenvalue weighted by atomic mass is 9.83. The molecule has 1 heterocycles. The number of nitrogens with zero attached hydrogens (tertiary/aromatic N) is 1. The van der Waals surface area contributed by atoms with Crippen molar-refractivity contribution in [2.45, 2.75) is 64.4 Å². The first kappa shape index (κ1) is 18.5. The lowest BCUT2D eigenvalue weighted by Gasteiger charge is -2.28. The van der Waals surface area contributed by atoms with Crippen LogP contribution in [0.15, 0.2) is 4.99 Å². The largest absolute Gasteiger partial charge is 0.379 e. The van der Waals surface area contributed by atoms with E-state index < -0.39 is 0 Å². The minimum Gasteiger partial charge on any atom is -0.379 e. The van der Waals surface area contributed by atoms with Crippen molar-refractivity contribution in [1.82, 2.24) is 10.6 Å². The summed E-state index contributed by atoms with van der Waals surface area (Å²) in [7, 11) is 1.84. The van der Waals surface area contributed by atoms with Crippen molar-refractivity contribution >= 4 is 5.96 Å². The van der Waals surface area contributed by atoms with Gasteiger partial charge in [-0.3, -0.25) is 4.99 Å². The molecule has 0 spiro atoms. The molecule has 0 radical (unpaired) electrons. The normalized spacial score (nSPS) is 24.1. The van der Waals surface area contributed by atoms with E-state index in [9.17, 15) is 0 Å². The first-order valence-corrected chi connectivity index (χ1v) is 9.42. The van der Waals surface area contributed by atoms with Gasteiger partial charge in [0, 0.05) is 33.4 Å². The standard InChI is InChI=1S/C18H35N3O2/c1-3-18(9-4-5-10-18)15-21-17(19-2)20-11-7-12-22-14-16-8-6-13-23-16/h16H,3-15H2,1-2H3,(H2,19,20,21). The highest BCUT2D eigenvalue weighted by molar-refractivity contribution is 5.79. The average molecular weight is 325 g/mol. The van der Waals surface area contributed by atoms with Crippen LogP contribution in [0.5, 0.6) is 0 Å². The first-order chi connectivity index (χ1) is 11.3. The number of aliphatic imine (C=N–C) groups is 1. The van der Waals surface area contributed by atoms with E-state index in [-0.39, 0.29) is 0 Å². The Kier molecular flexibility index (Phi) is 8.17. The molecule has 1 aliphatic carbocycles. The zero-order valence-corrected chi connectivity index (χ0v) is 15.0. The molecule has 5 heteroatoms. The van der Waals surface area contributed by atoms with Crippen molar-refractivity contribution in [2.75, 3.05) is 40.0 Å². The minimum absolute atomic E-state index is 0.328. The number of hydrogen-bond acceptors (Lipinski definition) is 3. The lowest BCUT2D eigenvalue weighted by molar-refractivity contribution is 0.0168. The Balaban J connectivity index is 1.52. The maximum atomic E-state index is 5.68. The zero-order valence-electron chi connectivity index (χ0n) is 15.0. The van der Waals surface area contributed by atoms with Crippen molar-refractivity contribution in [3.63, 3.8) is 0 Å². The van der Waals surface area contributed by atoms with Crippen molar-refractivity contribution < 1.29 is 9.47 Å². The van der Waals surface area contributed by atoms with Crippen molar-refractivity contribution in [3.8, 4) is 0 Å². The van der Waals surface area contributed by atoms with Crippen LogP contribution >= 0.6 is 0 Å². The molecule has 1 atom stereocenters. The van der Waals surface area contributed by atoms with E-state index in [1.807, 2.05) is 7.05 Å². The molecule has 1 aliphatic heterocycles. The van der Waals surface area contributed by atoms with Crippen LogP contribution in [0.1, 0.15) is 58.3 Å². The molecule has 134 valence electrons. The Morgan fingerprint density at radius 2 is 2.09 bits per heavy atom. The van der Waals surface area contributed by atoms with E-state index >= 15 is 0 Å². The number of hydrogen-bond donors (Lipinski definition) is 2. The van der Waals surface area contributed by atoms with Crippen LogP contribution in [0.25, 0.3) is 0 Å². The molecular formula is C18H35N3O2. The van der Waals surface area contributed by atoms with E-state index in [0.29, 0.717) is 11.5 Å². The molecule has 0 aromatic carbocycles. The van der Waals surface area contributed by atoms with Crippen LogP contribution < -0.4 is 10.6 Å². The number of rotatable bonds is 9. The van der Waals surface area contributed by atoms with Crippen LogP contribution in [0.3, 0.4) is 0 Å². The van der Waals surface area contributed by atoms with Gasteiger partial charge >= 0.3 is 0 Å². The quantitative estimate of drug-likeness (QED) is 0.389. The summed E-state index contributed by atoms with van der Waals surface area (Å²) in [6.07, 6.45) is 10.4. The van der Waals surface area contributed by atoms with E-state index in [1.165, 1.54) is 38.5 Å². The third-order valence-corrected chi connectivity index (χ3v) is 5.35. The molecule has 0 aromatic rings. The van der Waals surface area contributed by atoms with E-state index in [2.05, 4.69) is 22.5 Å². The maximum absolute atomic E-state index is 5.68. The van der Waals surface area contributed by atoms with Crippen LogP contribution in [-0.4, -0.2) is 52.0 Å². The monoisotopic (exact) mass is 325 g/mol. The molecule has 2 N–H and O–H groups in total. The van der Waals surface area contributed by atoms with Gasteiger partial charge in [-0.1, -0.05) is 19.8 Å². The Morgan fingerprint density at radius 3 is 2.74 bits per heavy atom. The smallest absolute Gasteiger partial charge is 0.190 e. The molecule has 2 rings (SSSR count). The molecule has 23 heavy (non-hydrogen) atoms.